The summed E-state index contributed by atoms with van der Waals surface area (Å²) in [5, 5.41) is 11.0. The average Bonchev–Trinajstić information content (AvgIpc) is 2.85. The van der Waals surface area contributed by atoms with E-state index in [4.69, 9.17) is 0 Å². The molecule has 2 rings (SSSR count). The number of halogens is 1. The molecule has 9 nitrogen and oxygen atoms in total. The summed E-state index contributed by atoms with van der Waals surface area (Å²) in [6, 6.07) is -0.424. The summed E-state index contributed by atoms with van der Waals surface area (Å²) in [5.41, 5.74) is -0.848. The minimum Gasteiger partial charge on any atom is -0.357 e. The van der Waals surface area contributed by atoms with Gasteiger partial charge in [-0.05, 0) is 39.5 Å². The zero-order valence-corrected chi connectivity index (χ0v) is 17.9. The Morgan fingerprint density at radius 1 is 1.23 bits per heavy atom. The number of rotatable bonds is 5. The second-order valence-electron chi connectivity index (χ2n) is 6.50. The lowest BCUT2D eigenvalue weighted by Crippen LogP contribution is -2.55. The van der Waals surface area contributed by atoms with Crippen LogP contribution in [0.4, 0.5) is 4.79 Å². The van der Waals surface area contributed by atoms with Crippen molar-refractivity contribution in [1.82, 2.24) is 26.2 Å². The molecule has 0 aromatic carbocycles. The van der Waals surface area contributed by atoms with E-state index in [0.717, 1.165) is 12.8 Å². The number of imide groups is 1. The molecule has 0 radical (unpaired) electrons. The van der Waals surface area contributed by atoms with Crippen LogP contribution in [0.15, 0.2) is 4.99 Å². The highest BCUT2D eigenvalue weighted by Crippen LogP contribution is 2.30. The van der Waals surface area contributed by atoms with Crippen LogP contribution in [0.5, 0.6) is 0 Å². The zero-order valence-electron chi connectivity index (χ0n) is 15.6. The van der Waals surface area contributed by atoms with Crippen LogP contribution in [0, 0.1) is 5.92 Å². The van der Waals surface area contributed by atoms with Crippen LogP contribution in [-0.4, -0.2) is 67.0 Å². The van der Waals surface area contributed by atoms with Gasteiger partial charge in [0.1, 0.15) is 12.1 Å². The molecule has 0 bridgehead atoms. The first-order valence-corrected chi connectivity index (χ1v) is 8.84. The highest BCUT2D eigenvalue weighted by Gasteiger charge is 2.48. The first kappa shape index (κ1) is 22.5. The van der Waals surface area contributed by atoms with Crippen molar-refractivity contribution in [2.45, 2.75) is 39.2 Å². The Balaban J connectivity index is 0.00000338. The molecule has 148 valence electrons. The van der Waals surface area contributed by atoms with Gasteiger partial charge in [0.2, 0.25) is 5.91 Å². The highest BCUT2D eigenvalue weighted by atomic mass is 127. The first-order chi connectivity index (χ1) is 11.9. The van der Waals surface area contributed by atoms with Gasteiger partial charge in [0.25, 0.3) is 5.91 Å². The van der Waals surface area contributed by atoms with Crippen LogP contribution >= 0.6 is 24.0 Å². The minimum absolute atomic E-state index is 0. The number of nitrogens with zero attached hydrogens (tertiary/aromatic N) is 2. The molecule has 2 aliphatic rings. The summed E-state index contributed by atoms with van der Waals surface area (Å²) in [5.74, 6) is 0.414. The maximum Gasteiger partial charge on any atom is 0.322 e. The Hall–Kier alpha value is -1.59. The molecule has 0 spiro atoms. The van der Waals surface area contributed by atoms with Crippen molar-refractivity contribution in [2.24, 2.45) is 10.9 Å². The second kappa shape index (κ2) is 9.93. The molecule has 2 saturated heterocycles. The van der Waals surface area contributed by atoms with Crippen molar-refractivity contribution in [3.05, 3.63) is 0 Å². The molecule has 1 atom stereocenters. The van der Waals surface area contributed by atoms with Gasteiger partial charge in [0, 0.05) is 26.2 Å². The number of nitrogens with one attached hydrogen (secondary N) is 4. The number of guanidine groups is 1. The van der Waals surface area contributed by atoms with Gasteiger partial charge in [0.05, 0.1) is 0 Å². The van der Waals surface area contributed by atoms with Gasteiger partial charge < -0.3 is 20.9 Å². The topological polar surface area (TPSA) is 115 Å². The highest BCUT2D eigenvalue weighted by molar-refractivity contribution is 14.0. The van der Waals surface area contributed by atoms with Crippen molar-refractivity contribution in [2.75, 3.05) is 32.7 Å². The third-order valence-corrected chi connectivity index (χ3v) is 4.76. The number of carbonyl (C=O) groups excluding carboxylic acids is 3. The third-order valence-electron chi connectivity index (χ3n) is 4.76. The van der Waals surface area contributed by atoms with Gasteiger partial charge in [-0.2, -0.15) is 0 Å². The Kier molecular flexibility index (Phi) is 8.57. The van der Waals surface area contributed by atoms with Gasteiger partial charge in [0.15, 0.2) is 5.96 Å². The van der Waals surface area contributed by atoms with Crippen molar-refractivity contribution < 1.29 is 14.4 Å². The van der Waals surface area contributed by atoms with Crippen molar-refractivity contribution >= 4 is 47.8 Å². The largest absolute Gasteiger partial charge is 0.357 e. The summed E-state index contributed by atoms with van der Waals surface area (Å²) in [7, 11) is 0. The molecule has 10 heteroatoms. The van der Waals surface area contributed by atoms with Crippen LogP contribution in [0.25, 0.3) is 0 Å². The number of amides is 4. The number of urea groups is 1. The van der Waals surface area contributed by atoms with E-state index in [-0.39, 0.29) is 48.3 Å². The summed E-state index contributed by atoms with van der Waals surface area (Å²) in [6.45, 7) is 8.44. The van der Waals surface area contributed by atoms with E-state index >= 15 is 0 Å². The van der Waals surface area contributed by atoms with Crippen LogP contribution in [0.3, 0.4) is 0 Å². The predicted octanol–water partition coefficient (Wildman–Crippen LogP) is 0.0161. The lowest BCUT2D eigenvalue weighted by Gasteiger charge is -2.39. The number of carbonyl (C=O) groups is 3. The molecule has 0 aliphatic carbocycles. The molecule has 26 heavy (non-hydrogen) atoms. The fourth-order valence-corrected chi connectivity index (χ4v) is 3.34. The van der Waals surface area contributed by atoms with Crippen molar-refractivity contribution in [3.63, 3.8) is 0 Å². The van der Waals surface area contributed by atoms with E-state index in [0.29, 0.717) is 32.1 Å². The maximum absolute atomic E-state index is 12.1. The molecule has 4 N–H and O–H groups in total. The smallest absolute Gasteiger partial charge is 0.322 e. The number of aliphatic imine (C=N–C) groups is 1. The lowest BCUT2D eigenvalue weighted by molar-refractivity contribution is -0.125. The standard InChI is InChI=1S/C16H28N6O3.HI/c1-4-17-12(23)10-19-14(18-5-2)22-8-6-11(7-9-22)16(3)13(24)20-15(25)21-16;/h11H,4-10H2,1-3H3,(H,17,23)(H,18,19)(H2,20,21,24,25);1H. The number of likely N-dealkylation sites (N-methyl/N-ethyl adjacent to an activating group) is 1. The maximum atomic E-state index is 12.1. The van der Waals surface area contributed by atoms with Crippen LogP contribution in [-0.2, 0) is 9.59 Å². The zero-order chi connectivity index (χ0) is 18.4. The van der Waals surface area contributed by atoms with Crippen LogP contribution in [0.1, 0.15) is 33.6 Å². The first-order valence-electron chi connectivity index (χ1n) is 8.84. The molecule has 2 heterocycles. The molecule has 2 aliphatic heterocycles. The summed E-state index contributed by atoms with van der Waals surface area (Å²) in [6.07, 6.45) is 1.52. The van der Waals surface area contributed by atoms with E-state index < -0.39 is 11.6 Å². The normalized spacial score (nSPS) is 23.8. The molecular weight excluding hydrogens is 451 g/mol. The quantitative estimate of drug-likeness (QED) is 0.192. The van der Waals surface area contributed by atoms with E-state index in [2.05, 4.69) is 31.2 Å². The number of hydrogen-bond donors (Lipinski definition) is 4. The van der Waals surface area contributed by atoms with Crippen LogP contribution in [0.2, 0.25) is 0 Å². The van der Waals surface area contributed by atoms with Gasteiger partial charge in [-0.15, -0.1) is 24.0 Å². The average molecular weight is 480 g/mol. The van der Waals surface area contributed by atoms with Crippen molar-refractivity contribution in [1.29, 1.82) is 0 Å². The molecule has 1 unspecified atom stereocenters. The Labute approximate surface area is 171 Å². The van der Waals surface area contributed by atoms with E-state index in [1.165, 1.54) is 0 Å². The van der Waals surface area contributed by atoms with Crippen LogP contribution < -0.4 is 21.3 Å². The van der Waals surface area contributed by atoms with Gasteiger partial charge in [-0.3, -0.25) is 14.9 Å². The lowest BCUT2D eigenvalue weighted by atomic mass is 9.79. The second-order valence-corrected chi connectivity index (χ2v) is 6.50. The number of hydrogen-bond acceptors (Lipinski definition) is 4. The van der Waals surface area contributed by atoms with E-state index in [9.17, 15) is 14.4 Å². The molecule has 0 saturated carbocycles. The molecule has 4 amide bonds. The SMILES string of the molecule is CCNC(=O)CN=C(NCC)N1CCC(C2(C)NC(=O)NC2=O)CC1.I. The summed E-state index contributed by atoms with van der Waals surface area (Å²) < 4.78 is 0. The minimum atomic E-state index is -0.848. The monoisotopic (exact) mass is 480 g/mol. The van der Waals surface area contributed by atoms with Gasteiger partial charge in [-0.1, -0.05) is 0 Å². The third kappa shape index (κ3) is 5.21. The van der Waals surface area contributed by atoms with E-state index in [1.807, 2.05) is 13.8 Å². The summed E-state index contributed by atoms with van der Waals surface area (Å²) in [4.78, 5) is 41.6. The molecule has 2 fully saturated rings. The molecule has 0 aromatic rings. The predicted molar refractivity (Wildman–Crippen MR) is 109 cm³/mol. The molecule has 0 aromatic heterocycles. The van der Waals surface area contributed by atoms with Crippen molar-refractivity contribution in [3.8, 4) is 0 Å². The summed E-state index contributed by atoms with van der Waals surface area (Å²) >= 11 is 0. The Morgan fingerprint density at radius 2 is 1.85 bits per heavy atom. The Bertz CT molecular complexity index is 562. The van der Waals surface area contributed by atoms with Gasteiger partial charge >= 0.3 is 6.03 Å². The van der Waals surface area contributed by atoms with E-state index in [1.54, 1.807) is 6.92 Å². The molecular formula is C16H29IN6O3. The number of likely N-dealkylation sites (tertiary alicyclic amines) is 1. The fraction of sp³-hybridized carbons (Fsp3) is 0.750. The fourth-order valence-electron chi connectivity index (χ4n) is 3.34. The Morgan fingerprint density at radius 3 is 2.35 bits per heavy atom. The van der Waals surface area contributed by atoms with Gasteiger partial charge in [-0.25, -0.2) is 9.79 Å². The number of piperidine rings is 1.